The molecule has 1 aliphatic carbocycles. The maximum Gasteiger partial charge on any atom is 0.205 e. The molecule has 5 nitrogen and oxygen atoms in total. The van der Waals surface area contributed by atoms with E-state index in [1.165, 1.54) is 19.3 Å². The average Bonchev–Trinajstić information content (AvgIpc) is 2.57. The summed E-state index contributed by atoms with van der Waals surface area (Å²) in [5.41, 5.74) is 0.423. The third-order valence-corrected chi connectivity index (χ3v) is 5.78. The molecule has 0 spiro atoms. The van der Waals surface area contributed by atoms with Gasteiger partial charge in [-0.25, -0.2) is 0 Å². The highest BCUT2D eigenvalue weighted by Crippen LogP contribution is 2.53. The second-order valence-electron chi connectivity index (χ2n) is 8.22. The minimum absolute atomic E-state index is 0.0293. The van der Waals surface area contributed by atoms with E-state index in [0.29, 0.717) is 5.56 Å². The molecule has 5 heteroatoms. The van der Waals surface area contributed by atoms with E-state index < -0.39 is 11.4 Å². The fourth-order valence-electron chi connectivity index (χ4n) is 4.65. The van der Waals surface area contributed by atoms with Crippen LogP contribution in [0.1, 0.15) is 62.4 Å². The smallest absolute Gasteiger partial charge is 0.205 e. The molecule has 0 amide bonds. The molecule has 26 heavy (non-hydrogen) atoms. The van der Waals surface area contributed by atoms with Crippen LogP contribution in [0, 0.1) is 5.92 Å². The minimum Gasteiger partial charge on any atom is -0.507 e. The molecule has 2 saturated heterocycles. The van der Waals surface area contributed by atoms with Gasteiger partial charge in [0.25, 0.3) is 0 Å². The zero-order valence-corrected chi connectivity index (χ0v) is 15.7. The van der Waals surface area contributed by atoms with Gasteiger partial charge < -0.3 is 19.5 Å². The van der Waals surface area contributed by atoms with Crippen LogP contribution in [0.25, 0.3) is 0 Å². The van der Waals surface area contributed by atoms with Crippen LogP contribution in [0.15, 0.2) is 30.2 Å². The van der Waals surface area contributed by atoms with Crippen LogP contribution in [0.5, 0.6) is 5.75 Å². The van der Waals surface area contributed by atoms with E-state index in [1.54, 1.807) is 12.1 Å². The molecule has 3 aliphatic rings. The zero-order chi connectivity index (χ0) is 18.5. The molecule has 2 aliphatic heterocycles. The monoisotopic (exact) mass is 357 g/mol. The fraction of sp³-hybridized carbons (Fsp3) is 0.571. The summed E-state index contributed by atoms with van der Waals surface area (Å²) in [7, 11) is 0. The molecule has 0 bridgehead atoms. The highest BCUT2D eigenvalue weighted by Gasteiger charge is 2.54. The number of ether oxygens (including phenoxy) is 2. The minimum atomic E-state index is -0.810. The number of likely N-dealkylation sites (tertiary alicyclic amines) is 1. The van der Waals surface area contributed by atoms with Gasteiger partial charge in [-0.3, -0.25) is 4.79 Å². The molecule has 2 atom stereocenters. The van der Waals surface area contributed by atoms with Crippen molar-refractivity contribution in [3.05, 3.63) is 41.3 Å². The normalized spacial score (nSPS) is 32.0. The Bertz CT molecular complexity index is 763. The molecule has 0 saturated carbocycles. The van der Waals surface area contributed by atoms with Crippen LogP contribution in [-0.2, 0) is 15.1 Å². The number of carbonyl (C=O) groups is 1. The Balaban J connectivity index is 1.81. The average molecular weight is 357 g/mol. The highest BCUT2D eigenvalue weighted by atomic mass is 16.7. The molecule has 1 aromatic carbocycles. The number of benzene rings is 1. The predicted octanol–water partition coefficient (Wildman–Crippen LogP) is 3.92. The summed E-state index contributed by atoms with van der Waals surface area (Å²) in [6.07, 6.45) is 5.99. The number of Topliss-reactive ketones (excluding diaryl/α,β-unsaturated/α-hetero) is 1. The Morgan fingerprint density at radius 3 is 2.65 bits per heavy atom. The Labute approximate surface area is 154 Å². The number of hydrogen-bond acceptors (Lipinski definition) is 5. The van der Waals surface area contributed by atoms with E-state index in [0.717, 1.165) is 24.4 Å². The van der Waals surface area contributed by atoms with Gasteiger partial charge in [-0.15, -0.1) is 0 Å². The van der Waals surface area contributed by atoms with Crippen molar-refractivity contribution in [3.63, 3.8) is 0 Å². The van der Waals surface area contributed by atoms with Crippen molar-refractivity contribution in [2.75, 3.05) is 13.1 Å². The lowest BCUT2D eigenvalue weighted by Gasteiger charge is -2.52. The van der Waals surface area contributed by atoms with Crippen LogP contribution < -0.4 is 0 Å². The lowest BCUT2D eigenvalue weighted by molar-refractivity contribution is -0.308. The largest absolute Gasteiger partial charge is 0.507 e. The zero-order valence-electron chi connectivity index (χ0n) is 15.7. The lowest BCUT2D eigenvalue weighted by Crippen LogP contribution is -2.53. The van der Waals surface area contributed by atoms with E-state index in [1.807, 2.05) is 26.8 Å². The van der Waals surface area contributed by atoms with Crippen molar-refractivity contribution in [3.8, 4) is 5.75 Å². The Morgan fingerprint density at radius 1 is 1.19 bits per heavy atom. The first-order chi connectivity index (χ1) is 12.3. The number of nitrogens with zero attached hydrogens (tertiary/aromatic N) is 1. The van der Waals surface area contributed by atoms with Gasteiger partial charge in [-0.1, -0.05) is 12.1 Å². The van der Waals surface area contributed by atoms with Crippen LogP contribution >= 0.6 is 0 Å². The number of aromatic hydroxyl groups is 1. The first-order valence-corrected chi connectivity index (χ1v) is 9.51. The molecule has 2 unspecified atom stereocenters. The number of rotatable bonds is 1. The van der Waals surface area contributed by atoms with Gasteiger partial charge in [-0.2, -0.15) is 0 Å². The van der Waals surface area contributed by atoms with Crippen LogP contribution in [0.4, 0.5) is 0 Å². The van der Waals surface area contributed by atoms with E-state index in [4.69, 9.17) is 9.47 Å². The number of hydrogen-bond donors (Lipinski definition) is 1. The number of carbonyl (C=O) groups excluding carboxylic acids is 1. The standard InChI is InChI=1S/C21H27NO4/c1-20(2)25-18(13-22-10-5-4-6-11-22)15-12-17(24)19-14(21(15,3)26-20)8-7-9-16(19)23/h7-9,13,15,23H,4-6,10-12H2,1-3H3. The summed E-state index contributed by atoms with van der Waals surface area (Å²) in [5, 5.41) is 10.3. The molecule has 2 fully saturated rings. The first-order valence-electron chi connectivity index (χ1n) is 9.51. The van der Waals surface area contributed by atoms with Gasteiger partial charge in [-0.05, 0) is 37.8 Å². The molecule has 4 rings (SSSR count). The lowest BCUT2D eigenvalue weighted by atomic mass is 9.70. The predicted molar refractivity (Wildman–Crippen MR) is 97.7 cm³/mol. The van der Waals surface area contributed by atoms with Gasteiger partial charge >= 0.3 is 0 Å². The number of piperidine rings is 1. The molecule has 1 N–H and O–H groups in total. The number of phenolic OH excluding ortho intramolecular Hbond substituents is 1. The number of phenols is 1. The summed E-state index contributed by atoms with van der Waals surface area (Å²) >= 11 is 0. The molecular weight excluding hydrogens is 330 g/mol. The van der Waals surface area contributed by atoms with Crippen molar-refractivity contribution >= 4 is 5.78 Å². The summed E-state index contributed by atoms with van der Waals surface area (Å²) in [6.45, 7) is 7.84. The Hall–Kier alpha value is -2.01. The molecule has 1 aromatic rings. The SMILES string of the molecule is CC1(C)OC(=CN2CCCCC2)C2CC(=O)c3c(O)cccc3C2(C)O1. The van der Waals surface area contributed by atoms with Gasteiger partial charge in [0.2, 0.25) is 5.79 Å². The third kappa shape index (κ3) is 2.78. The third-order valence-electron chi connectivity index (χ3n) is 5.78. The number of fused-ring (bicyclic) bond motifs is 3. The van der Waals surface area contributed by atoms with Crippen molar-refractivity contribution in [1.29, 1.82) is 0 Å². The Kier molecular flexibility index (Phi) is 4.03. The van der Waals surface area contributed by atoms with Gasteiger partial charge in [0.1, 0.15) is 17.1 Å². The maximum absolute atomic E-state index is 12.8. The first kappa shape index (κ1) is 17.4. The van der Waals surface area contributed by atoms with E-state index in [9.17, 15) is 9.90 Å². The van der Waals surface area contributed by atoms with E-state index >= 15 is 0 Å². The highest BCUT2D eigenvalue weighted by molar-refractivity contribution is 6.02. The van der Waals surface area contributed by atoms with Crippen molar-refractivity contribution in [2.45, 2.75) is 57.8 Å². The van der Waals surface area contributed by atoms with Gasteiger partial charge in [0, 0.05) is 39.6 Å². The fourth-order valence-corrected chi connectivity index (χ4v) is 4.65. The van der Waals surface area contributed by atoms with Gasteiger partial charge in [0.15, 0.2) is 5.78 Å². The summed E-state index contributed by atoms with van der Waals surface area (Å²) in [4.78, 5) is 15.1. The second kappa shape index (κ2) is 6.02. The quantitative estimate of drug-likeness (QED) is 0.825. The van der Waals surface area contributed by atoms with E-state index in [2.05, 4.69) is 11.1 Å². The molecule has 0 aromatic heterocycles. The van der Waals surface area contributed by atoms with Crippen LogP contribution in [0.2, 0.25) is 0 Å². The molecule has 2 heterocycles. The topological polar surface area (TPSA) is 59.0 Å². The number of ketones is 1. The van der Waals surface area contributed by atoms with Gasteiger partial charge in [0.05, 0.1) is 11.5 Å². The van der Waals surface area contributed by atoms with Crippen molar-refractivity contribution in [1.82, 2.24) is 4.90 Å². The molecular formula is C21H27NO4. The second-order valence-corrected chi connectivity index (χ2v) is 8.22. The van der Waals surface area contributed by atoms with Crippen LogP contribution in [0.3, 0.4) is 0 Å². The summed E-state index contributed by atoms with van der Waals surface area (Å²) < 4.78 is 12.6. The molecule has 0 radical (unpaired) electrons. The van der Waals surface area contributed by atoms with Crippen LogP contribution in [-0.4, -0.2) is 34.7 Å². The van der Waals surface area contributed by atoms with Crippen molar-refractivity contribution < 1.29 is 19.4 Å². The Morgan fingerprint density at radius 2 is 1.92 bits per heavy atom. The summed E-state index contributed by atoms with van der Waals surface area (Å²) in [5.74, 6) is -0.221. The summed E-state index contributed by atoms with van der Waals surface area (Å²) in [6, 6.07) is 5.23. The van der Waals surface area contributed by atoms with Crippen molar-refractivity contribution in [2.24, 2.45) is 5.92 Å². The maximum atomic E-state index is 12.8. The molecule has 140 valence electrons. The van der Waals surface area contributed by atoms with E-state index in [-0.39, 0.29) is 23.9 Å².